The number of nitrogens with zero attached hydrogens (tertiary/aromatic N) is 2. The van der Waals surface area contributed by atoms with Crippen molar-refractivity contribution in [2.75, 3.05) is 0 Å². The molecule has 0 aliphatic carbocycles. The molecule has 134 valence electrons. The van der Waals surface area contributed by atoms with Crippen LogP contribution in [0.1, 0.15) is 42.6 Å². The maximum Gasteiger partial charge on any atom is 0.251 e. The summed E-state index contributed by atoms with van der Waals surface area (Å²) < 4.78 is 5.46. The van der Waals surface area contributed by atoms with Gasteiger partial charge in [0.05, 0.1) is 0 Å². The molecule has 2 aromatic carbocycles. The maximum absolute atomic E-state index is 12.5. The van der Waals surface area contributed by atoms with E-state index >= 15 is 0 Å². The average Bonchev–Trinajstić information content (AvgIpc) is 3.16. The van der Waals surface area contributed by atoms with Crippen molar-refractivity contribution in [3.05, 3.63) is 71.1 Å². The fraction of sp³-hybridized carbons (Fsp3) is 0.250. The highest BCUT2D eigenvalue weighted by Crippen LogP contribution is 2.26. The SMILES string of the molecule is CC[C@H](C)[C@@H](NC(=O)c1ccccc1)c1nc(-c2ccc(Cl)cc2)no1. The Balaban J connectivity index is 1.84. The summed E-state index contributed by atoms with van der Waals surface area (Å²) in [6.07, 6.45) is 0.860. The van der Waals surface area contributed by atoms with E-state index in [4.69, 9.17) is 16.1 Å². The van der Waals surface area contributed by atoms with Crippen LogP contribution in [0.3, 0.4) is 0 Å². The van der Waals surface area contributed by atoms with Gasteiger partial charge >= 0.3 is 0 Å². The van der Waals surface area contributed by atoms with Gasteiger partial charge in [-0.1, -0.05) is 55.2 Å². The van der Waals surface area contributed by atoms with Crippen LogP contribution in [-0.2, 0) is 0 Å². The Morgan fingerprint density at radius 1 is 1.15 bits per heavy atom. The number of benzene rings is 2. The average molecular weight is 370 g/mol. The van der Waals surface area contributed by atoms with E-state index in [1.165, 1.54) is 0 Å². The largest absolute Gasteiger partial charge is 0.340 e. The minimum absolute atomic E-state index is 0.140. The molecular weight excluding hydrogens is 350 g/mol. The fourth-order valence-corrected chi connectivity index (χ4v) is 2.70. The summed E-state index contributed by atoms with van der Waals surface area (Å²) >= 11 is 5.92. The molecule has 0 bridgehead atoms. The van der Waals surface area contributed by atoms with E-state index in [9.17, 15) is 4.79 Å². The highest BCUT2D eigenvalue weighted by atomic mass is 35.5. The zero-order valence-corrected chi connectivity index (χ0v) is 15.4. The summed E-state index contributed by atoms with van der Waals surface area (Å²) in [5.74, 6) is 0.843. The van der Waals surface area contributed by atoms with Gasteiger partial charge in [0.1, 0.15) is 6.04 Å². The normalized spacial score (nSPS) is 13.2. The van der Waals surface area contributed by atoms with Crippen LogP contribution >= 0.6 is 11.6 Å². The Hall–Kier alpha value is -2.66. The molecule has 6 heteroatoms. The molecule has 1 amide bonds. The van der Waals surface area contributed by atoms with E-state index in [1.54, 1.807) is 24.3 Å². The van der Waals surface area contributed by atoms with Gasteiger partial charge in [0.25, 0.3) is 5.91 Å². The van der Waals surface area contributed by atoms with Gasteiger partial charge in [0.2, 0.25) is 11.7 Å². The van der Waals surface area contributed by atoms with Crippen molar-refractivity contribution in [3.8, 4) is 11.4 Å². The lowest BCUT2D eigenvalue weighted by atomic mass is 9.98. The topological polar surface area (TPSA) is 68.0 Å². The predicted octanol–water partition coefficient (Wildman–Crippen LogP) is 4.91. The first kappa shape index (κ1) is 18.1. The summed E-state index contributed by atoms with van der Waals surface area (Å²) in [6, 6.07) is 15.9. The molecule has 0 unspecified atom stereocenters. The van der Waals surface area contributed by atoms with Crippen LogP contribution in [0, 0.1) is 5.92 Å². The van der Waals surface area contributed by atoms with E-state index in [1.807, 2.05) is 37.3 Å². The Labute approximate surface area is 157 Å². The highest BCUT2D eigenvalue weighted by molar-refractivity contribution is 6.30. The van der Waals surface area contributed by atoms with Crippen molar-refractivity contribution in [2.45, 2.75) is 26.3 Å². The molecule has 3 rings (SSSR count). The minimum Gasteiger partial charge on any atom is -0.340 e. The molecule has 0 fully saturated rings. The van der Waals surface area contributed by atoms with Crippen molar-refractivity contribution in [3.63, 3.8) is 0 Å². The summed E-state index contributed by atoms with van der Waals surface area (Å²) in [6.45, 7) is 4.10. The molecule has 3 aromatic rings. The highest BCUT2D eigenvalue weighted by Gasteiger charge is 2.26. The molecular formula is C20H20ClN3O2. The second-order valence-electron chi connectivity index (χ2n) is 6.17. The number of hydrogen-bond acceptors (Lipinski definition) is 4. The van der Waals surface area contributed by atoms with Crippen LogP contribution < -0.4 is 5.32 Å². The van der Waals surface area contributed by atoms with Gasteiger partial charge in [-0.15, -0.1) is 0 Å². The van der Waals surface area contributed by atoms with Gasteiger partial charge in [-0.2, -0.15) is 4.98 Å². The van der Waals surface area contributed by atoms with Gasteiger partial charge in [0.15, 0.2) is 0 Å². The monoisotopic (exact) mass is 369 g/mol. The quantitative estimate of drug-likeness (QED) is 0.670. The van der Waals surface area contributed by atoms with E-state index in [-0.39, 0.29) is 17.9 Å². The van der Waals surface area contributed by atoms with Gasteiger partial charge in [-0.25, -0.2) is 0 Å². The van der Waals surface area contributed by atoms with Gasteiger partial charge in [-0.05, 0) is 42.3 Å². The van der Waals surface area contributed by atoms with Crippen LogP contribution in [0.25, 0.3) is 11.4 Å². The minimum atomic E-state index is -0.360. The third-order valence-corrected chi connectivity index (χ3v) is 4.60. The Bertz CT molecular complexity index is 862. The number of amides is 1. The molecule has 0 saturated heterocycles. The molecule has 0 aliphatic heterocycles. The first-order chi connectivity index (χ1) is 12.6. The third-order valence-electron chi connectivity index (χ3n) is 4.35. The molecule has 0 spiro atoms. The molecule has 26 heavy (non-hydrogen) atoms. The Kier molecular flexibility index (Phi) is 5.68. The first-order valence-corrected chi connectivity index (χ1v) is 8.91. The van der Waals surface area contributed by atoms with Crippen molar-refractivity contribution < 1.29 is 9.32 Å². The smallest absolute Gasteiger partial charge is 0.251 e. The zero-order valence-electron chi connectivity index (χ0n) is 14.6. The molecule has 0 saturated carbocycles. The number of rotatable bonds is 6. The Morgan fingerprint density at radius 2 is 1.85 bits per heavy atom. The van der Waals surface area contributed by atoms with E-state index in [0.29, 0.717) is 22.3 Å². The molecule has 5 nitrogen and oxygen atoms in total. The lowest BCUT2D eigenvalue weighted by molar-refractivity contribution is 0.0910. The van der Waals surface area contributed by atoms with E-state index in [2.05, 4.69) is 22.4 Å². The number of hydrogen-bond donors (Lipinski definition) is 1. The standard InChI is InChI=1S/C20H20ClN3O2/c1-3-13(2)17(22-19(25)15-7-5-4-6-8-15)20-23-18(24-26-20)14-9-11-16(21)12-10-14/h4-13,17H,3H2,1-2H3,(H,22,25)/t13-,17+/m0/s1. The fourth-order valence-electron chi connectivity index (χ4n) is 2.57. The van der Waals surface area contributed by atoms with Crippen LogP contribution in [-0.4, -0.2) is 16.0 Å². The summed E-state index contributed by atoms with van der Waals surface area (Å²) in [5.41, 5.74) is 1.40. The lowest BCUT2D eigenvalue weighted by Crippen LogP contribution is -2.32. The van der Waals surface area contributed by atoms with Gasteiger partial charge in [-0.3, -0.25) is 4.79 Å². The van der Waals surface area contributed by atoms with Crippen molar-refractivity contribution >= 4 is 17.5 Å². The second kappa shape index (κ2) is 8.15. The molecule has 2 atom stereocenters. The summed E-state index contributed by atoms with van der Waals surface area (Å²) in [7, 11) is 0. The summed E-state index contributed by atoms with van der Waals surface area (Å²) in [4.78, 5) is 17.0. The summed E-state index contributed by atoms with van der Waals surface area (Å²) in [5, 5.41) is 7.71. The molecule has 1 N–H and O–H groups in total. The van der Waals surface area contributed by atoms with Gasteiger partial charge < -0.3 is 9.84 Å². The number of nitrogens with one attached hydrogen (secondary N) is 1. The number of aromatic nitrogens is 2. The van der Waals surface area contributed by atoms with Crippen LogP contribution in [0.15, 0.2) is 59.1 Å². The first-order valence-electron chi connectivity index (χ1n) is 8.54. The number of carbonyl (C=O) groups is 1. The predicted molar refractivity (Wildman–Crippen MR) is 101 cm³/mol. The van der Waals surface area contributed by atoms with E-state index < -0.39 is 0 Å². The lowest BCUT2D eigenvalue weighted by Gasteiger charge is -2.20. The molecule has 0 radical (unpaired) electrons. The van der Waals surface area contributed by atoms with E-state index in [0.717, 1.165) is 12.0 Å². The van der Waals surface area contributed by atoms with Crippen molar-refractivity contribution in [1.82, 2.24) is 15.5 Å². The Morgan fingerprint density at radius 3 is 2.50 bits per heavy atom. The van der Waals surface area contributed by atoms with Crippen LogP contribution in [0.4, 0.5) is 0 Å². The molecule has 1 heterocycles. The number of halogens is 1. The van der Waals surface area contributed by atoms with Crippen molar-refractivity contribution in [1.29, 1.82) is 0 Å². The second-order valence-corrected chi connectivity index (χ2v) is 6.60. The van der Waals surface area contributed by atoms with Crippen LogP contribution in [0.5, 0.6) is 0 Å². The maximum atomic E-state index is 12.5. The molecule has 1 aromatic heterocycles. The third kappa shape index (κ3) is 4.11. The molecule has 0 aliphatic rings. The van der Waals surface area contributed by atoms with Gasteiger partial charge in [0, 0.05) is 16.1 Å². The van der Waals surface area contributed by atoms with Crippen LogP contribution in [0.2, 0.25) is 5.02 Å². The zero-order chi connectivity index (χ0) is 18.5. The van der Waals surface area contributed by atoms with Crippen molar-refractivity contribution in [2.24, 2.45) is 5.92 Å². The number of carbonyl (C=O) groups excluding carboxylic acids is 1.